The van der Waals surface area contributed by atoms with E-state index in [0.29, 0.717) is 11.4 Å². The number of primary amides is 1. The number of benzene rings is 1. The van der Waals surface area contributed by atoms with E-state index in [9.17, 15) is 4.79 Å². The molecule has 0 aromatic heterocycles. The van der Waals surface area contributed by atoms with E-state index in [4.69, 9.17) is 10.5 Å². The third-order valence-electron chi connectivity index (χ3n) is 1.42. The standard InChI is InChI=1S/C8H9IN2O2/c1-13-7-3-2-5(9)4-6(7)11-8(10)12/h2-4H,1H3,(H3,10,11,12). The fraction of sp³-hybridized carbons (Fsp3) is 0.125. The minimum absolute atomic E-state index is 0.585. The number of methoxy groups -OCH3 is 1. The van der Waals surface area contributed by atoms with Crippen molar-refractivity contribution in [3.05, 3.63) is 21.8 Å². The van der Waals surface area contributed by atoms with Gasteiger partial charge in [-0.3, -0.25) is 0 Å². The van der Waals surface area contributed by atoms with Crippen LogP contribution in [0.2, 0.25) is 0 Å². The maximum atomic E-state index is 10.6. The average Bonchev–Trinajstić information content (AvgIpc) is 2.03. The lowest BCUT2D eigenvalue weighted by Crippen LogP contribution is -2.19. The summed E-state index contributed by atoms with van der Waals surface area (Å²) in [6.45, 7) is 0. The Morgan fingerprint density at radius 2 is 2.31 bits per heavy atom. The van der Waals surface area contributed by atoms with Crippen molar-refractivity contribution < 1.29 is 9.53 Å². The van der Waals surface area contributed by atoms with E-state index in [-0.39, 0.29) is 0 Å². The van der Waals surface area contributed by atoms with E-state index < -0.39 is 6.03 Å². The molecule has 3 N–H and O–H groups in total. The molecule has 0 aliphatic heterocycles. The summed E-state index contributed by atoms with van der Waals surface area (Å²) in [6.07, 6.45) is 0. The van der Waals surface area contributed by atoms with Crippen LogP contribution in [0, 0.1) is 3.57 Å². The quantitative estimate of drug-likeness (QED) is 0.816. The van der Waals surface area contributed by atoms with Crippen LogP contribution in [0.5, 0.6) is 5.75 Å². The maximum absolute atomic E-state index is 10.6. The first-order valence-electron chi connectivity index (χ1n) is 3.53. The molecule has 0 spiro atoms. The third-order valence-corrected chi connectivity index (χ3v) is 2.09. The summed E-state index contributed by atoms with van der Waals surface area (Å²) < 4.78 is 6.03. The molecule has 5 heteroatoms. The largest absolute Gasteiger partial charge is 0.495 e. The van der Waals surface area contributed by atoms with Crippen molar-refractivity contribution in [2.75, 3.05) is 12.4 Å². The van der Waals surface area contributed by atoms with Crippen molar-refractivity contribution in [1.29, 1.82) is 0 Å². The summed E-state index contributed by atoms with van der Waals surface area (Å²) in [5.41, 5.74) is 5.58. The van der Waals surface area contributed by atoms with Crippen LogP contribution in [-0.4, -0.2) is 13.1 Å². The van der Waals surface area contributed by atoms with Gasteiger partial charge in [-0.25, -0.2) is 4.79 Å². The summed E-state index contributed by atoms with van der Waals surface area (Å²) in [6, 6.07) is 4.84. The van der Waals surface area contributed by atoms with Gasteiger partial charge in [-0.05, 0) is 40.8 Å². The number of amides is 2. The smallest absolute Gasteiger partial charge is 0.316 e. The molecule has 0 atom stereocenters. The van der Waals surface area contributed by atoms with Gasteiger partial charge in [0.05, 0.1) is 12.8 Å². The Bertz CT molecular complexity index is 328. The molecule has 0 aliphatic rings. The van der Waals surface area contributed by atoms with Gasteiger partial charge in [-0.2, -0.15) is 0 Å². The van der Waals surface area contributed by atoms with Gasteiger partial charge in [-0.15, -0.1) is 0 Å². The Morgan fingerprint density at radius 1 is 1.62 bits per heavy atom. The number of carbonyl (C=O) groups excluding carboxylic acids is 1. The van der Waals surface area contributed by atoms with Crippen molar-refractivity contribution in [3.8, 4) is 5.75 Å². The van der Waals surface area contributed by atoms with Crippen molar-refractivity contribution in [2.45, 2.75) is 0 Å². The van der Waals surface area contributed by atoms with Crippen LogP contribution in [0.4, 0.5) is 10.5 Å². The number of nitrogens with two attached hydrogens (primary N) is 1. The number of anilines is 1. The van der Waals surface area contributed by atoms with Gasteiger partial charge >= 0.3 is 6.03 Å². The number of halogens is 1. The molecule has 0 unspecified atom stereocenters. The van der Waals surface area contributed by atoms with Crippen molar-refractivity contribution in [2.24, 2.45) is 5.73 Å². The van der Waals surface area contributed by atoms with Crippen LogP contribution in [0.25, 0.3) is 0 Å². The second-order valence-corrected chi connectivity index (χ2v) is 3.58. The summed E-state index contributed by atoms with van der Waals surface area (Å²) >= 11 is 2.14. The molecule has 4 nitrogen and oxygen atoms in total. The Labute approximate surface area is 89.6 Å². The van der Waals surface area contributed by atoms with E-state index in [2.05, 4.69) is 27.9 Å². The zero-order valence-electron chi connectivity index (χ0n) is 7.00. The van der Waals surface area contributed by atoms with Crippen LogP contribution in [-0.2, 0) is 0 Å². The highest BCUT2D eigenvalue weighted by Gasteiger charge is 2.04. The molecule has 0 saturated carbocycles. The van der Waals surface area contributed by atoms with E-state index in [0.717, 1.165) is 3.57 Å². The summed E-state index contributed by atoms with van der Waals surface area (Å²) in [5, 5.41) is 2.47. The fourth-order valence-corrected chi connectivity index (χ4v) is 1.40. The van der Waals surface area contributed by atoms with Crippen LogP contribution in [0.3, 0.4) is 0 Å². The van der Waals surface area contributed by atoms with E-state index in [1.807, 2.05) is 6.07 Å². The van der Waals surface area contributed by atoms with E-state index in [1.54, 1.807) is 12.1 Å². The first-order valence-corrected chi connectivity index (χ1v) is 4.61. The molecule has 0 bridgehead atoms. The average molecular weight is 292 g/mol. The molecular formula is C8H9IN2O2. The lowest BCUT2D eigenvalue weighted by Gasteiger charge is -2.08. The topological polar surface area (TPSA) is 64.3 Å². The van der Waals surface area contributed by atoms with Crippen LogP contribution in [0.1, 0.15) is 0 Å². The summed E-state index contributed by atoms with van der Waals surface area (Å²) in [5.74, 6) is 0.596. The molecule has 0 fully saturated rings. The second-order valence-electron chi connectivity index (χ2n) is 2.33. The number of urea groups is 1. The number of carbonyl (C=O) groups is 1. The Morgan fingerprint density at radius 3 is 2.85 bits per heavy atom. The van der Waals surface area contributed by atoms with Crippen LogP contribution in [0.15, 0.2) is 18.2 Å². The van der Waals surface area contributed by atoms with Crippen molar-refractivity contribution in [1.82, 2.24) is 0 Å². The van der Waals surface area contributed by atoms with Gasteiger partial charge in [0.25, 0.3) is 0 Å². The number of nitrogens with one attached hydrogen (secondary N) is 1. The number of hydrogen-bond acceptors (Lipinski definition) is 2. The van der Waals surface area contributed by atoms with Gasteiger partial charge in [0.15, 0.2) is 0 Å². The SMILES string of the molecule is COc1ccc(I)cc1NC(N)=O. The molecule has 2 amide bonds. The first kappa shape index (κ1) is 10.1. The molecule has 1 rings (SSSR count). The predicted molar refractivity (Wildman–Crippen MR) is 58.9 cm³/mol. The van der Waals surface area contributed by atoms with Gasteiger partial charge in [-0.1, -0.05) is 0 Å². The molecule has 1 aromatic carbocycles. The third kappa shape index (κ3) is 2.76. The molecule has 0 saturated heterocycles. The molecule has 0 radical (unpaired) electrons. The Balaban J connectivity index is 3.01. The van der Waals surface area contributed by atoms with Crippen molar-refractivity contribution in [3.63, 3.8) is 0 Å². The number of hydrogen-bond donors (Lipinski definition) is 2. The number of ether oxygens (including phenoxy) is 1. The summed E-state index contributed by atoms with van der Waals surface area (Å²) in [7, 11) is 1.54. The van der Waals surface area contributed by atoms with Crippen LogP contribution < -0.4 is 15.8 Å². The zero-order valence-corrected chi connectivity index (χ0v) is 9.16. The molecule has 70 valence electrons. The molecular weight excluding hydrogens is 283 g/mol. The minimum atomic E-state index is -0.597. The predicted octanol–water partition coefficient (Wildman–Crippen LogP) is 1.79. The highest BCUT2D eigenvalue weighted by Crippen LogP contribution is 2.25. The Hall–Kier alpha value is -0.980. The maximum Gasteiger partial charge on any atom is 0.316 e. The van der Waals surface area contributed by atoms with Crippen LogP contribution >= 0.6 is 22.6 Å². The molecule has 13 heavy (non-hydrogen) atoms. The highest BCUT2D eigenvalue weighted by molar-refractivity contribution is 14.1. The first-order chi connectivity index (χ1) is 6.13. The number of rotatable bonds is 2. The zero-order chi connectivity index (χ0) is 9.84. The van der Waals surface area contributed by atoms with Gasteiger partial charge in [0.1, 0.15) is 5.75 Å². The molecule has 0 aliphatic carbocycles. The lowest BCUT2D eigenvalue weighted by atomic mass is 10.3. The minimum Gasteiger partial charge on any atom is -0.495 e. The Kier molecular flexibility index (Phi) is 3.35. The lowest BCUT2D eigenvalue weighted by molar-refractivity contribution is 0.259. The van der Waals surface area contributed by atoms with Gasteiger partial charge < -0.3 is 15.8 Å². The van der Waals surface area contributed by atoms with E-state index in [1.165, 1.54) is 7.11 Å². The fourth-order valence-electron chi connectivity index (χ4n) is 0.911. The van der Waals surface area contributed by atoms with E-state index >= 15 is 0 Å². The normalized spacial score (nSPS) is 9.38. The van der Waals surface area contributed by atoms with Gasteiger partial charge in [0, 0.05) is 3.57 Å². The monoisotopic (exact) mass is 292 g/mol. The second kappa shape index (κ2) is 4.31. The molecule has 0 heterocycles. The summed E-state index contributed by atoms with van der Waals surface area (Å²) in [4.78, 5) is 10.6. The highest BCUT2D eigenvalue weighted by atomic mass is 127. The van der Waals surface area contributed by atoms with Gasteiger partial charge in [0.2, 0.25) is 0 Å². The van der Waals surface area contributed by atoms with Crippen molar-refractivity contribution >= 4 is 34.3 Å². The molecule has 1 aromatic rings.